The van der Waals surface area contributed by atoms with Gasteiger partial charge in [0.15, 0.2) is 0 Å². The third-order valence-electron chi connectivity index (χ3n) is 1.08. The molecule has 0 aliphatic rings. The molecule has 0 N–H and O–H groups in total. The van der Waals surface area contributed by atoms with Gasteiger partial charge in [0.2, 0.25) is 0 Å². The molecule has 0 saturated heterocycles. The van der Waals surface area contributed by atoms with Crippen LogP contribution in [-0.2, 0) is 0 Å². The van der Waals surface area contributed by atoms with Gasteiger partial charge >= 0.3 is 70.2 Å². The number of nitrogens with zero attached hydrogens (tertiary/aromatic N) is 1. The van der Waals surface area contributed by atoms with E-state index in [-0.39, 0.29) is 25.3 Å². The third kappa shape index (κ3) is 3.16. The number of hydrogen-bond donors (Lipinski definition) is 0. The summed E-state index contributed by atoms with van der Waals surface area (Å²) in [6, 6.07) is 9.55. The van der Waals surface area contributed by atoms with Gasteiger partial charge in [-0.3, -0.25) is 0 Å². The van der Waals surface area contributed by atoms with Crippen LogP contribution in [0.3, 0.4) is 0 Å². The van der Waals surface area contributed by atoms with Crippen molar-refractivity contribution in [2.24, 2.45) is 0 Å². The summed E-state index contributed by atoms with van der Waals surface area (Å²) in [5.74, 6) is 0. The Morgan fingerprint density at radius 3 is 2.55 bits per heavy atom. The van der Waals surface area contributed by atoms with E-state index in [1.807, 2.05) is 30.3 Å². The Morgan fingerprint density at radius 1 is 1.36 bits per heavy atom. The fourth-order valence-electron chi connectivity index (χ4n) is 0.644. The minimum atomic E-state index is -0.271. The summed E-state index contributed by atoms with van der Waals surface area (Å²) in [5, 5.41) is 9.99. The zero-order valence-corrected chi connectivity index (χ0v) is 7.48. The molecule has 0 heterocycles. The Kier molecular flexibility index (Phi) is 3.08. The van der Waals surface area contributed by atoms with E-state index in [1.54, 1.807) is 0 Å². The van der Waals surface area contributed by atoms with Crippen molar-refractivity contribution in [2.75, 3.05) is 5.44 Å². The molecule has 0 aliphatic carbocycles. The number of nitro groups is 1. The molecule has 0 unspecified atom stereocenters. The third-order valence-corrected chi connectivity index (χ3v) is 3.06. The van der Waals surface area contributed by atoms with Gasteiger partial charge in [-0.2, -0.15) is 0 Å². The van der Waals surface area contributed by atoms with Gasteiger partial charge < -0.3 is 0 Å². The maximum absolute atomic E-state index is 9.99. The number of benzene rings is 1. The molecule has 0 saturated carbocycles. The Morgan fingerprint density at radius 2 is 2.00 bits per heavy atom. The van der Waals surface area contributed by atoms with E-state index in [2.05, 4.69) is 0 Å². The summed E-state index contributed by atoms with van der Waals surface area (Å²) < 4.78 is 1.08. The van der Waals surface area contributed by atoms with Crippen LogP contribution in [0.15, 0.2) is 30.3 Å². The monoisotopic (exact) mass is 217 g/mol. The Labute approximate surface area is 70.7 Å². The van der Waals surface area contributed by atoms with E-state index in [1.165, 1.54) is 0 Å². The molecule has 0 aliphatic heterocycles. The summed E-state index contributed by atoms with van der Waals surface area (Å²) in [5.41, 5.74) is 0.0804. The van der Waals surface area contributed by atoms with Crippen LogP contribution in [-0.4, -0.2) is 25.3 Å². The van der Waals surface area contributed by atoms with Crippen molar-refractivity contribution < 1.29 is 4.92 Å². The molecule has 0 radical (unpaired) electrons. The summed E-state index contributed by atoms with van der Waals surface area (Å²) >= 11 is -0.00917. The van der Waals surface area contributed by atoms with Crippen molar-refractivity contribution >= 4 is 19.4 Å². The second kappa shape index (κ2) is 4.11. The van der Waals surface area contributed by atoms with E-state index in [0.717, 1.165) is 4.46 Å². The molecule has 0 atom stereocenters. The average Bonchev–Trinajstić information content (AvgIpc) is 2.03. The maximum atomic E-state index is 9.99. The van der Waals surface area contributed by atoms with Crippen LogP contribution in [0.2, 0.25) is 0 Å². The van der Waals surface area contributed by atoms with Crippen LogP contribution in [0.25, 0.3) is 0 Å². The first kappa shape index (κ1) is 8.24. The summed E-state index contributed by atoms with van der Waals surface area (Å²) in [4.78, 5) is 9.72. The van der Waals surface area contributed by atoms with Crippen LogP contribution < -0.4 is 4.46 Å². The van der Waals surface area contributed by atoms with E-state index < -0.39 is 0 Å². The van der Waals surface area contributed by atoms with E-state index in [4.69, 9.17) is 0 Å². The van der Waals surface area contributed by atoms with Crippen molar-refractivity contribution in [3.8, 4) is 0 Å². The van der Waals surface area contributed by atoms with E-state index in [9.17, 15) is 10.1 Å². The molecule has 3 nitrogen and oxygen atoms in total. The van der Waals surface area contributed by atoms with Gasteiger partial charge in [0.05, 0.1) is 0 Å². The molecule has 4 heteroatoms. The second-order valence-electron chi connectivity index (χ2n) is 1.92. The first-order chi connectivity index (χ1) is 5.29. The molecule has 0 bridgehead atoms. The normalized spacial score (nSPS) is 9.45. The standard InChI is InChI=1S/C7H7NO2Se/c9-8(10)6-11-7-4-2-1-3-5-7/h1-5H,6H2. The van der Waals surface area contributed by atoms with E-state index >= 15 is 0 Å². The van der Waals surface area contributed by atoms with Crippen molar-refractivity contribution in [3.05, 3.63) is 40.4 Å². The van der Waals surface area contributed by atoms with Gasteiger partial charge in [-0.25, -0.2) is 0 Å². The number of rotatable bonds is 3. The van der Waals surface area contributed by atoms with Crippen molar-refractivity contribution in [1.82, 2.24) is 0 Å². The topological polar surface area (TPSA) is 43.1 Å². The van der Waals surface area contributed by atoms with Crippen LogP contribution in [0.1, 0.15) is 0 Å². The SMILES string of the molecule is O=[N+]([O-])C[Se]c1ccccc1. The van der Waals surface area contributed by atoms with Gasteiger partial charge in [0.1, 0.15) is 0 Å². The molecule has 1 rings (SSSR count). The molecule has 0 fully saturated rings. The quantitative estimate of drug-likeness (QED) is 0.413. The van der Waals surface area contributed by atoms with Crippen molar-refractivity contribution in [2.45, 2.75) is 0 Å². The molecule has 1 aromatic rings. The van der Waals surface area contributed by atoms with Crippen LogP contribution in [0.5, 0.6) is 0 Å². The van der Waals surface area contributed by atoms with Crippen LogP contribution >= 0.6 is 0 Å². The molecular weight excluding hydrogens is 209 g/mol. The van der Waals surface area contributed by atoms with Gasteiger partial charge in [-0.1, -0.05) is 0 Å². The fraction of sp³-hybridized carbons (Fsp3) is 0.143. The summed E-state index contributed by atoms with van der Waals surface area (Å²) in [6.07, 6.45) is 0. The van der Waals surface area contributed by atoms with Gasteiger partial charge in [-0.15, -0.1) is 0 Å². The molecule has 11 heavy (non-hydrogen) atoms. The molecule has 58 valence electrons. The van der Waals surface area contributed by atoms with Gasteiger partial charge in [0.25, 0.3) is 0 Å². The zero-order chi connectivity index (χ0) is 8.10. The molecule has 0 amide bonds. The predicted octanol–water partition coefficient (Wildman–Crippen LogP) is 0.250. The Bertz CT molecular complexity index is 237. The van der Waals surface area contributed by atoms with Crippen molar-refractivity contribution in [3.63, 3.8) is 0 Å². The molecular formula is C7H7NO2Se. The van der Waals surface area contributed by atoms with Gasteiger partial charge in [-0.05, 0) is 0 Å². The van der Waals surface area contributed by atoms with Crippen molar-refractivity contribution in [1.29, 1.82) is 0 Å². The van der Waals surface area contributed by atoms with Gasteiger partial charge in [0, 0.05) is 0 Å². The average molecular weight is 216 g/mol. The fourth-order valence-corrected chi connectivity index (χ4v) is 1.91. The summed E-state index contributed by atoms with van der Waals surface area (Å²) in [6.45, 7) is 0. The molecule has 0 aromatic heterocycles. The Hall–Kier alpha value is -0.861. The summed E-state index contributed by atoms with van der Waals surface area (Å²) in [7, 11) is 0. The molecule has 1 aromatic carbocycles. The Balaban J connectivity index is 2.45. The van der Waals surface area contributed by atoms with Crippen LogP contribution in [0.4, 0.5) is 0 Å². The first-order valence-corrected chi connectivity index (χ1v) is 5.15. The number of hydrogen-bond acceptors (Lipinski definition) is 2. The second-order valence-corrected chi connectivity index (χ2v) is 4.06. The van der Waals surface area contributed by atoms with Crippen LogP contribution in [0, 0.1) is 10.1 Å². The zero-order valence-electron chi connectivity index (χ0n) is 5.77. The first-order valence-electron chi connectivity index (χ1n) is 3.08. The van der Waals surface area contributed by atoms with E-state index in [0.29, 0.717) is 0 Å². The predicted molar refractivity (Wildman–Crippen MR) is 43.7 cm³/mol. The molecule has 0 spiro atoms. The minimum absolute atomic E-state index is 0.00917.